The third-order valence-corrected chi connectivity index (χ3v) is 3.35. The van der Waals surface area contributed by atoms with E-state index in [4.69, 9.17) is 10.5 Å². The van der Waals surface area contributed by atoms with Crippen molar-refractivity contribution in [1.29, 1.82) is 0 Å². The van der Waals surface area contributed by atoms with Crippen molar-refractivity contribution >= 4 is 5.69 Å². The van der Waals surface area contributed by atoms with Crippen LogP contribution in [-0.2, 0) is 6.54 Å². The third kappa shape index (κ3) is 4.12. The van der Waals surface area contributed by atoms with Gasteiger partial charge in [-0.25, -0.2) is 0 Å². The molecule has 1 heterocycles. The molecule has 1 aromatic heterocycles. The molecule has 0 saturated heterocycles. The van der Waals surface area contributed by atoms with E-state index in [1.807, 2.05) is 18.2 Å². The minimum atomic E-state index is -0.0354. The number of pyridine rings is 1. The van der Waals surface area contributed by atoms with Gasteiger partial charge in [0.15, 0.2) is 0 Å². The highest BCUT2D eigenvalue weighted by molar-refractivity contribution is 5.35. The molecule has 1 aromatic carbocycles. The lowest BCUT2D eigenvalue weighted by atomic mass is 10.0. The second-order valence-corrected chi connectivity index (χ2v) is 5.39. The van der Waals surface area contributed by atoms with Gasteiger partial charge in [-0.2, -0.15) is 0 Å². The van der Waals surface area contributed by atoms with Gasteiger partial charge in [0.1, 0.15) is 5.75 Å². The Labute approximate surface area is 125 Å². The number of nitrogen functional groups attached to an aromatic ring is 1. The van der Waals surface area contributed by atoms with Crippen molar-refractivity contribution in [3.8, 4) is 5.75 Å². The van der Waals surface area contributed by atoms with Crippen molar-refractivity contribution < 1.29 is 4.74 Å². The van der Waals surface area contributed by atoms with E-state index < -0.39 is 0 Å². The van der Waals surface area contributed by atoms with Crippen molar-refractivity contribution in [2.75, 3.05) is 12.3 Å². The molecule has 4 nitrogen and oxygen atoms in total. The maximum Gasteiger partial charge on any atom is 0.250 e. The Kier molecular flexibility index (Phi) is 5.04. The van der Waals surface area contributed by atoms with Gasteiger partial charge in [0, 0.05) is 24.5 Å². The van der Waals surface area contributed by atoms with Crippen LogP contribution < -0.4 is 16.0 Å². The summed E-state index contributed by atoms with van der Waals surface area (Å²) >= 11 is 0. The predicted octanol–water partition coefficient (Wildman–Crippen LogP) is 3.02. The second-order valence-electron chi connectivity index (χ2n) is 5.39. The number of anilines is 1. The fourth-order valence-corrected chi connectivity index (χ4v) is 2.23. The van der Waals surface area contributed by atoms with E-state index in [1.165, 1.54) is 11.6 Å². The van der Waals surface area contributed by atoms with Gasteiger partial charge in [-0.3, -0.25) is 4.79 Å². The van der Waals surface area contributed by atoms with E-state index in [0.717, 1.165) is 12.2 Å². The van der Waals surface area contributed by atoms with Gasteiger partial charge in [-0.05, 0) is 30.0 Å². The largest absolute Gasteiger partial charge is 0.493 e. The summed E-state index contributed by atoms with van der Waals surface area (Å²) in [5.41, 5.74) is 7.45. The molecule has 2 rings (SSSR count). The number of ether oxygens (including phenoxy) is 1. The van der Waals surface area contributed by atoms with Crippen LogP contribution in [0.3, 0.4) is 0 Å². The van der Waals surface area contributed by atoms with Crippen LogP contribution in [0, 0.1) is 0 Å². The summed E-state index contributed by atoms with van der Waals surface area (Å²) in [6.07, 6.45) is 2.43. The number of para-hydroxylation sites is 1. The molecule has 0 aliphatic rings. The number of benzene rings is 1. The van der Waals surface area contributed by atoms with Crippen LogP contribution in [0.4, 0.5) is 5.69 Å². The molecule has 4 heteroatoms. The van der Waals surface area contributed by atoms with Gasteiger partial charge in [-0.1, -0.05) is 32.0 Å². The van der Waals surface area contributed by atoms with Gasteiger partial charge in [-0.15, -0.1) is 0 Å². The molecular weight excluding hydrogens is 264 g/mol. The van der Waals surface area contributed by atoms with Gasteiger partial charge < -0.3 is 15.0 Å². The first kappa shape index (κ1) is 15.2. The molecule has 2 N–H and O–H groups in total. The normalized spacial score (nSPS) is 10.8. The molecule has 2 aromatic rings. The van der Waals surface area contributed by atoms with Gasteiger partial charge >= 0.3 is 0 Å². The molecule has 0 saturated carbocycles. The van der Waals surface area contributed by atoms with E-state index in [-0.39, 0.29) is 5.56 Å². The number of nitrogens with two attached hydrogens (primary N) is 1. The summed E-state index contributed by atoms with van der Waals surface area (Å²) < 4.78 is 7.46. The second kappa shape index (κ2) is 6.97. The SMILES string of the molecule is CC(C)c1ccccc1OCCCn1cc(N)ccc1=O. The molecule has 0 bridgehead atoms. The number of aryl methyl sites for hydroxylation is 1. The number of aromatic nitrogens is 1. The molecular formula is C17H22N2O2. The third-order valence-electron chi connectivity index (χ3n) is 3.35. The van der Waals surface area contributed by atoms with Crippen LogP contribution in [0.15, 0.2) is 47.4 Å². The van der Waals surface area contributed by atoms with Crippen LogP contribution in [0.25, 0.3) is 0 Å². The Balaban J connectivity index is 1.91. The monoisotopic (exact) mass is 286 g/mol. The average Bonchev–Trinajstić information content (AvgIpc) is 2.47. The van der Waals surface area contributed by atoms with Crippen molar-refractivity contribution in [3.63, 3.8) is 0 Å². The number of nitrogens with zero attached hydrogens (tertiary/aromatic N) is 1. The van der Waals surface area contributed by atoms with Crippen molar-refractivity contribution in [2.45, 2.75) is 32.7 Å². The number of hydrogen-bond acceptors (Lipinski definition) is 3. The molecule has 0 aliphatic carbocycles. The van der Waals surface area contributed by atoms with Crippen LogP contribution in [-0.4, -0.2) is 11.2 Å². The molecule has 21 heavy (non-hydrogen) atoms. The summed E-state index contributed by atoms with van der Waals surface area (Å²) in [4.78, 5) is 11.6. The van der Waals surface area contributed by atoms with Crippen LogP contribution in [0.2, 0.25) is 0 Å². The van der Waals surface area contributed by atoms with Gasteiger partial charge in [0.05, 0.1) is 6.61 Å². The summed E-state index contributed by atoms with van der Waals surface area (Å²) in [6.45, 7) is 5.47. The van der Waals surface area contributed by atoms with Crippen molar-refractivity contribution in [2.24, 2.45) is 0 Å². The maximum absolute atomic E-state index is 11.6. The van der Waals surface area contributed by atoms with E-state index in [2.05, 4.69) is 19.9 Å². The first-order valence-electron chi connectivity index (χ1n) is 7.25. The highest BCUT2D eigenvalue weighted by Gasteiger charge is 2.06. The number of rotatable bonds is 6. The lowest BCUT2D eigenvalue weighted by Gasteiger charge is -2.14. The Morgan fingerprint density at radius 3 is 2.71 bits per heavy atom. The standard InChI is InChI=1S/C17H22N2O2/c1-13(2)15-6-3-4-7-16(15)21-11-5-10-19-12-14(18)8-9-17(19)20/h3-4,6-9,12-13H,5,10-11,18H2,1-2H3. The highest BCUT2D eigenvalue weighted by atomic mass is 16.5. The van der Waals surface area contributed by atoms with Gasteiger partial charge in [0.2, 0.25) is 0 Å². The first-order valence-corrected chi connectivity index (χ1v) is 7.25. The quantitative estimate of drug-likeness (QED) is 0.830. The van der Waals surface area contributed by atoms with E-state index in [9.17, 15) is 4.79 Å². The van der Waals surface area contributed by atoms with E-state index >= 15 is 0 Å². The summed E-state index contributed by atoms with van der Waals surface area (Å²) in [7, 11) is 0. The molecule has 112 valence electrons. The fourth-order valence-electron chi connectivity index (χ4n) is 2.23. The highest BCUT2D eigenvalue weighted by Crippen LogP contribution is 2.25. The molecule has 0 radical (unpaired) electrons. The Morgan fingerprint density at radius 2 is 1.95 bits per heavy atom. The first-order chi connectivity index (χ1) is 10.1. The predicted molar refractivity (Wildman–Crippen MR) is 85.8 cm³/mol. The van der Waals surface area contributed by atoms with E-state index in [1.54, 1.807) is 16.8 Å². The van der Waals surface area contributed by atoms with Gasteiger partial charge in [0.25, 0.3) is 5.56 Å². The lowest BCUT2D eigenvalue weighted by molar-refractivity contribution is 0.297. The molecule has 0 amide bonds. The van der Waals surface area contributed by atoms with Crippen LogP contribution in [0.1, 0.15) is 31.7 Å². The zero-order valence-corrected chi connectivity index (χ0v) is 12.6. The summed E-state index contributed by atoms with van der Waals surface area (Å²) in [6, 6.07) is 11.2. The van der Waals surface area contributed by atoms with Crippen molar-refractivity contribution in [3.05, 3.63) is 58.5 Å². The summed E-state index contributed by atoms with van der Waals surface area (Å²) in [5, 5.41) is 0. The smallest absolute Gasteiger partial charge is 0.250 e. The topological polar surface area (TPSA) is 57.2 Å². The summed E-state index contributed by atoms with van der Waals surface area (Å²) in [5.74, 6) is 1.35. The zero-order valence-electron chi connectivity index (χ0n) is 12.6. The van der Waals surface area contributed by atoms with Crippen LogP contribution in [0.5, 0.6) is 5.75 Å². The number of hydrogen-bond donors (Lipinski definition) is 1. The Hall–Kier alpha value is -2.23. The van der Waals surface area contributed by atoms with Crippen molar-refractivity contribution in [1.82, 2.24) is 4.57 Å². The molecule has 0 aliphatic heterocycles. The molecule has 0 atom stereocenters. The molecule has 0 unspecified atom stereocenters. The maximum atomic E-state index is 11.6. The fraction of sp³-hybridized carbons (Fsp3) is 0.353. The lowest BCUT2D eigenvalue weighted by Crippen LogP contribution is -2.20. The zero-order chi connectivity index (χ0) is 15.2. The van der Waals surface area contributed by atoms with E-state index in [0.29, 0.717) is 24.8 Å². The van der Waals surface area contributed by atoms with Crippen LogP contribution >= 0.6 is 0 Å². The average molecular weight is 286 g/mol. The minimum absolute atomic E-state index is 0.0354. The Morgan fingerprint density at radius 1 is 1.19 bits per heavy atom. The minimum Gasteiger partial charge on any atom is -0.493 e. The molecule has 0 spiro atoms. The Bertz CT molecular complexity index is 647. The molecule has 0 fully saturated rings.